The number of rotatable bonds is 6. The van der Waals surface area contributed by atoms with Crippen molar-refractivity contribution in [1.29, 1.82) is 0 Å². The number of carbonyl (C=O) groups excluding carboxylic acids is 1. The highest BCUT2D eigenvalue weighted by Gasteiger charge is 2.38. The van der Waals surface area contributed by atoms with Gasteiger partial charge in [-0.2, -0.15) is 0 Å². The molecular formula is C22H27N3O. The predicted molar refractivity (Wildman–Crippen MR) is 104 cm³/mol. The Balaban J connectivity index is 1.18. The third-order valence-electron chi connectivity index (χ3n) is 5.51. The van der Waals surface area contributed by atoms with Crippen LogP contribution in [0.15, 0.2) is 60.7 Å². The lowest BCUT2D eigenvalue weighted by atomic mass is 10.1. The van der Waals surface area contributed by atoms with Crippen molar-refractivity contribution in [3.05, 3.63) is 71.8 Å². The fourth-order valence-electron chi connectivity index (χ4n) is 3.82. The molecule has 0 aromatic heterocycles. The number of piperazine rings is 1. The van der Waals surface area contributed by atoms with E-state index in [1.807, 2.05) is 4.90 Å². The first-order valence-corrected chi connectivity index (χ1v) is 9.62. The molecule has 0 unspecified atom stereocenters. The van der Waals surface area contributed by atoms with Crippen LogP contribution in [0.5, 0.6) is 0 Å². The SMILES string of the molecule is O=C(CN[C@H]1C[C@@H]1c1ccccc1)N1CCN(Cc2ccccc2)CC1. The van der Waals surface area contributed by atoms with Gasteiger partial charge in [0.1, 0.15) is 0 Å². The molecule has 1 amide bonds. The number of benzene rings is 2. The van der Waals surface area contributed by atoms with E-state index in [1.54, 1.807) is 0 Å². The summed E-state index contributed by atoms with van der Waals surface area (Å²) in [7, 11) is 0. The van der Waals surface area contributed by atoms with Gasteiger partial charge in [-0.05, 0) is 17.5 Å². The maximum absolute atomic E-state index is 12.5. The normalized spacial score (nSPS) is 23.0. The summed E-state index contributed by atoms with van der Waals surface area (Å²) in [5.74, 6) is 0.815. The van der Waals surface area contributed by atoms with Gasteiger partial charge in [0.05, 0.1) is 6.54 Å². The Bertz CT molecular complexity index is 711. The Kier molecular flexibility index (Phi) is 5.32. The largest absolute Gasteiger partial charge is 0.339 e. The van der Waals surface area contributed by atoms with Crippen molar-refractivity contribution in [2.75, 3.05) is 32.7 Å². The average molecular weight is 349 g/mol. The molecule has 1 N–H and O–H groups in total. The van der Waals surface area contributed by atoms with Crippen molar-refractivity contribution in [2.45, 2.75) is 24.9 Å². The summed E-state index contributed by atoms with van der Waals surface area (Å²) >= 11 is 0. The van der Waals surface area contributed by atoms with E-state index in [1.165, 1.54) is 11.1 Å². The van der Waals surface area contributed by atoms with Crippen LogP contribution in [0.25, 0.3) is 0 Å². The minimum atomic E-state index is 0.239. The highest BCUT2D eigenvalue weighted by atomic mass is 16.2. The van der Waals surface area contributed by atoms with Crippen LogP contribution in [-0.2, 0) is 11.3 Å². The van der Waals surface area contributed by atoms with E-state index in [4.69, 9.17) is 0 Å². The quantitative estimate of drug-likeness (QED) is 0.870. The molecule has 1 saturated carbocycles. The third kappa shape index (κ3) is 4.32. The molecule has 2 aliphatic rings. The summed E-state index contributed by atoms with van der Waals surface area (Å²) < 4.78 is 0. The summed E-state index contributed by atoms with van der Waals surface area (Å²) in [6, 6.07) is 21.6. The van der Waals surface area contributed by atoms with E-state index in [2.05, 4.69) is 70.9 Å². The zero-order chi connectivity index (χ0) is 17.8. The van der Waals surface area contributed by atoms with Crippen LogP contribution >= 0.6 is 0 Å². The topological polar surface area (TPSA) is 35.6 Å². The molecule has 0 radical (unpaired) electrons. The molecule has 1 saturated heterocycles. The smallest absolute Gasteiger partial charge is 0.236 e. The Hall–Kier alpha value is -2.17. The molecule has 2 fully saturated rings. The van der Waals surface area contributed by atoms with E-state index in [9.17, 15) is 4.79 Å². The Morgan fingerprint density at radius 2 is 1.58 bits per heavy atom. The van der Waals surface area contributed by atoms with E-state index >= 15 is 0 Å². The lowest BCUT2D eigenvalue weighted by Crippen LogP contribution is -2.50. The number of amides is 1. The first-order valence-electron chi connectivity index (χ1n) is 9.62. The summed E-state index contributed by atoms with van der Waals surface area (Å²) in [6.45, 7) is 5.02. The molecule has 2 aromatic rings. The van der Waals surface area contributed by atoms with Gasteiger partial charge in [-0.25, -0.2) is 0 Å². The lowest BCUT2D eigenvalue weighted by Gasteiger charge is -2.34. The van der Waals surface area contributed by atoms with Crippen molar-refractivity contribution in [1.82, 2.24) is 15.1 Å². The van der Waals surface area contributed by atoms with Gasteiger partial charge in [0, 0.05) is 44.7 Å². The van der Waals surface area contributed by atoms with Gasteiger partial charge in [-0.15, -0.1) is 0 Å². The summed E-state index contributed by atoms with van der Waals surface area (Å²) in [5.41, 5.74) is 2.72. The third-order valence-corrected chi connectivity index (χ3v) is 5.51. The van der Waals surface area contributed by atoms with Crippen molar-refractivity contribution in [2.24, 2.45) is 0 Å². The van der Waals surface area contributed by atoms with Crippen LogP contribution in [0.3, 0.4) is 0 Å². The average Bonchev–Trinajstić information content (AvgIpc) is 3.48. The van der Waals surface area contributed by atoms with Gasteiger partial charge in [0.15, 0.2) is 0 Å². The van der Waals surface area contributed by atoms with E-state index in [-0.39, 0.29) is 5.91 Å². The zero-order valence-corrected chi connectivity index (χ0v) is 15.2. The molecule has 2 atom stereocenters. The first-order chi connectivity index (χ1) is 12.8. The van der Waals surface area contributed by atoms with Gasteiger partial charge in [-0.1, -0.05) is 60.7 Å². The second-order valence-corrected chi connectivity index (χ2v) is 7.38. The maximum atomic E-state index is 12.5. The van der Waals surface area contributed by atoms with Gasteiger partial charge < -0.3 is 10.2 Å². The standard InChI is InChI=1S/C22H27N3O/c26-22(16-23-21-15-20(21)19-9-5-2-6-10-19)25-13-11-24(12-14-25)17-18-7-3-1-4-8-18/h1-10,20-21,23H,11-17H2/t20-,21+/m1/s1. The maximum Gasteiger partial charge on any atom is 0.236 e. The lowest BCUT2D eigenvalue weighted by molar-refractivity contribution is -0.132. The van der Waals surface area contributed by atoms with Crippen molar-refractivity contribution in [3.8, 4) is 0 Å². The van der Waals surface area contributed by atoms with Gasteiger partial charge >= 0.3 is 0 Å². The number of nitrogens with zero attached hydrogens (tertiary/aromatic N) is 2. The number of carbonyl (C=O) groups is 1. The Labute approximate surface area is 155 Å². The molecule has 4 rings (SSSR count). The molecule has 0 bridgehead atoms. The van der Waals surface area contributed by atoms with Crippen LogP contribution in [0.2, 0.25) is 0 Å². The predicted octanol–water partition coefficient (Wildman–Crippen LogP) is 2.48. The Morgan fingerprint density at radius 3 is 2.27 bits per heavy atom. The van der Waals surface area contributed by atoms with Gasteiger partial charge in [0.2, 0.25) is 5.91 Å². The van der Waals surface area contributed by atoms with E-state index < -0.39 is 0 Å². The highest BCUT2D eigenvalue weighted by molar-refractivity contribution is 5.78. The minimum Gasteiger partial charge on any atom is -0.339 e. The molecule has 2 aromatic carbocycles. The monoisotopic (exact) mass is 349 g/mol. The molecule has 26 heavy (non-hydrogen) atoms. The van der Waals surface area contributed by atoms with Crippen LogP contribution in [0.4, 0.5) is 0 Å². The summed E-state index contributed by atoms with van der Waals surface area (Å²) in [4.78, 5) is 16.9. The van der Waals surface area contributed by atoms with Crippen LogP contribution in [-0.4, -0.2) is 54.5 Å². The van der Waals surface area contributed by atoms with E-state index in [0.717, 1.165) is 39.1 Å². The van der Waals surface area contributed by atoms with Crippen molar-refractivity contribution >= 4 is 5.91 Å². The molecule has 1 aliphatic heterocycles. The summed E-state index contributed by atoms with van der Waals surface area (Å²) in [5, 5.41) is 3.45. The number of hydrogen-bond donors (Lipinski definition) is 1. The fourth-order valence-corrected chi connectivity index (χ4v) is 3.82. The molecule has 1 aliphatic carbocycles. The highest BCUT2D eigenvalue weighted by Crippen LogP contribution is 2.40. The van der Waals surface area contributed by atoms with Crippen LogP contribution < -0.4 is 5.32 Å². The van der Waals surface area contributed by atoms with Gasteiger partial charge in [0.25, 0.3) is 0 Å². The van der Waals surface area contributed by atoms with Crippen molar-refractivity contribution in [3.63, 3.8) is 0 Å². The summed E-state index contributed by atoms with van der Waals surface area (Å²) in [6.07, 6.45) is 1.14. The van der Waals surface area contributed by atoms with Gasteiger partial charge in [-0.3, -0.25) is 9.69 Å². The molecule has 4 heteroatoms. The molecule has 0 spiro atoms. The number of nitrogens with one attached hydrogen (secondary N) is 1. The van der Waals surface area contributed by atoms with Crippen LogP contribution in [0.1, 0.15) is 23.5 Å². The van der Waals surface area contributed by atoms with E-state index in [0.29, 0.717) is 18.5 Å². The zero-order valence-electron chi connectivity index (χ0n) is 15.2. The fraction of sp³-hybridized carbons (Fsp3) is 0.409. The Morgan fingerprint density at radius 1 is 0.923 bits per heavy atom. The molecule has 1 heterocycles. The van der Waals surface area contributed by atoms with Crippen molar-refractivity contribution < 1.29 is 4.79 Å². The number of hydrogen-bond acceptors (Lipinski definition) is 3. The second kappa shape index (κ2) is 8.02. The molecule has 4 nitrogen and oxygen atoms in total. The first kappa shape index (κ1) is 17.3. The molecule has 136 valence electrons. The minimum absolute atomic E-state index is 0.239. The van der Waals surface area contributed by atoms with Crippen LogP contribution in [0, 0.1) is 0 Å². The second-order valence-electron chi connectivity index (χ2n) is 7.38. The molecular weight excluding hydrogens is 322 g/mol.